The maximum Gasteiger partial charge on any atom is 0.243 e. The summed E-state index contributed by atoms with van der Waals surface area (Å²) in [5, 5.41) is 1.95. The Kier molecular flexibility index (Phi) is 5.03. The SMILES string of the molecule is CCCC(NS(=O)(=O)c1c(C)cccc1N)c1cccs1. The second kappa shape index (κ2) is 6.60. The lowest BCUT2D eigenvalue weighted by Gasteiger charge is -2.18. The Morgan fingerprint density at radius 2 is 2.05 bits per heavy atom. The van der Waals surface area contributed by atoms with Crippen molar-refractivity contribution in [3.05, 3.63) is 46.2 Å². The highest BCUT2D eigenvalue weighted by molar-refractivity contribution is 7.89. The van der Waals surface area contributed by atoms with Gasteiger partial charge < -0.3 is 5.73 Å². The van der Waals surface area contributed by atoms with Crippen molar-refractivity contribution in [2.45, 2.75) is 37.6 Å². The average molecular weight is 324 g/mol. The van der Waals surface area contributed by atoms with Gasteiger partial charge in [-0.25, -0.2) is 13.1 Å². The number of nitrogens with two attached hydrogens (primary N) is 1. The third-order valence-corrected chi connectivity index (χ3v) is 5.95. The quantitative estimate of drug-likeness (QED) is 0.799. The van der Waals surface area contributed by atoms with Gasteiger partial charge in [-0.15, -0.1) is 11.3 Å². The van der Waals surface area contributed by atoms with Crippen LogP contribution >= 0.6 is 11.3 Å². The Balaban J connectivity index is 2.35. The van der Waals surface area contributed by atoms with E-state index in [0.717, 1.165) is 17.7 Å². The molecule has 0 spiro atoms. The largest absolute Gasteiger partial charge is 0.398 e. The van der Waals surface area contributed by atoms with Crippen molar-refractivity contribution in [2.75, 3.05) is 5.73 Å². The molecule has 1 heterocycles. The summed E-state index contributed by atoms with van der Waals surface area (Å²) in [6.45, 7) is 3.79. The Bertz CT molecular complexity index is 674. The zero-order valence-corrected chi connectivity index (χ0v) is 13.8. The van der Waals surface area contributed by atoms with Gasteiger partial charge in [0.2, 0.25) is 10.0 Å². The van der Waals surface area contributed by atoms with E-state index < -0.39 is 10.0 Å². The van der Waals surface area contributed by atoms with Crippen LogP contribution < -0.4 is 10.5 Å². The van der Waals surface area contributed by atoms with Gasteiger partial charge in [-0.05, 0) is 36.4 Å². The smallest absolute Gasteiger partial charge is 0.243 e. The fourth-order valence-electron chi connectivity index (χ4n) is 2.33. The van der Waals surface area contributed by atoms with E-state index in [2.05, 4.69) is 4.72 Å². The van der Waals surface area contributed by atoms with Crippen LogP contribution in [0.4, 0.5) is 5.69 Å². The molecule has 2 aromatic rings. The van der Waals surface area contributed by atoms with Crippen molar-refractivity contribution in [1.29, 1.82) is 0 Å². The zero-order valence-electron chi connectivity index (χ0n) is 12.2. The van der Waals surface area contributed by atoms with Gasteiger partial charge in [-0.1, -0.05) is 31.5 Å². The predicted molar refractivity (Wildman–Crippen MR) is 87.9 cm³/mol. The van der Waals surface area contributed by atoms with Crippen LogP contribution in [0.25, 0.3) is 0 Å². The summed E-state index contributed by atoms with van der Waals surface area (Å²) in [5.74, 6) is 0. The molecule has 6 heteroatoms. The zero-order chi connectivity index (χ0) is 15.5. The highest BCUT2D eigenvalue weighted by Gasteiger charge is 2.24. The summed E-state index contributed by atoms with van der Waals surface area (Å²) in [5.41, 5.74) is 6.80. The maximum absolute atomic E-state index is 12.7. The Labute approximate surface area is 130 Å². The van der Waals surface area contributed by atoms with Crippen molar-refractivity contribution in [3.8, 4) is 0 Å². The van der Waals surface area contributed by atoms with Gasteiger partial charge >= 0.3 is 0 Å². The molecule has 0 aliphatic rings. The van der Waals surface area contributed by atoms with Crippen LogP contribution in [0.2, 0.25) is 0 Å². The molecule has 0 radical (unpaired) electrons. The first-order valence-corrected chi connectivity index (χ1v) is 9.22. The predicted octanol–water partition coefficient (Wildman–Crippen LogP) is 3.46. The standard InChI is InChI=1S/C15H20N2O2S2/c1-3-6-13(14-9-5-10-20-14)17-21(18,19)15-11(2)7-4-8-12(15)16/h4-5,7-10,13,17H,3,6,16H2,1-2H3. The van der Waals surface area contributed by atoms with Crippen LogP contribution in [0.1, 0.15) is 36.2 Å². The molecule has 0 amide bonds. The molecule has 1 unspecified atom stereocenters. The van der Waals surface area contributed by atoms with E-state index >= 15 is 0 Å². The number of aryl methyl sites for hydroxylation is 1. The van der Waals surface area contributed by atoms with Crippen molar-refractivity contribution < 1.29 is 8.42 Å². The van der Waals surface area contributed by atoms with E-state index in [0.29, 0.717) is 5.56 Å². The van der Waals surface area contributed by atoms with Gasteiger partial charge in [-0.2, -0.15) is 0 Å². The van der Waals surface area contributed by atoms with Gasteiger partial charge in [0.25, 0.3) is 0 Å². The molecule has 0 bridgehead atoms. The molecule has 0 aliphatic carbocycles. The molecule has 2 rings (SSSR count). The van der Waals surface area contributed by atoms with E-state index in [1.54, 1.807) is 36.5 Å². The number of nitrogen functional groups attached to an aromatic ring is 1. The van der Waals surface area contributed by atoms with E-state index in [-0.39, 0.29) is 16.6 Å². The minimum absolute atomic E-state index is 0.183. The molecular weight excluding hydrogens is 304 g/mol. The van der Waals surface area contributed by atoms with Gasteiger partial charge in [0.15, 0.2) is 0 Å². The molecule has 0 saturated carbocycles. The Morgan fingerprint density at radius 3 is 2.62 bits per heavy atom. The third kappa shape index (κ3) is 3.64. The number of rotatable bonds is 6. The average Bonchev–Trinajstić information content (AvgIpc) is 2.91. The van der Waals surface area contributed by atoms with Crippen molar-refractivity contribution in [3.63, 3.8) is 0 Å². The Morgan fingerprint density at radius 1 is 1.29 bits per heavy atom. The first kappa shape index (κ1) is 16.0. The first-order chi connectivity index (χ1) is 9.95. The van der Waals surface area contributed by atoms with E-state index in [1.165, 1.54) is 0 Å². The van der Waals surface area contributed by atoms with Crippen LogP contribution in [-0.4, -0.2) is 8.42 Å². The molecule has 0 saturated heterocycles. The maximum atomic E-state index is 12.7. The number of benzene rings is 1. The summed E-state index contributed by atoms with van der Waals surface area (Å²) < 4.78 is 28.1. The van der Waals surface area contributed by atoms with Crippen LogP contribution in [0.5, 0.6) is 0 Å². The second-order valence-electron chi connectivity index (χ2n) is 4.97. The van der Waals surface area contributed by atoms with Crippen molar-refractivity contribution in [2.24, 2.45) is 0 Å². The number of hydrogen-bond donors (Lipinski definition) is 2. The fraction of sp³-hybridized carbons (Fsp3) is 0.333. The molecule has 21 heavy (non-hydrogen) atoms. The molecule has 114 valence electrons. The molecule has 0 aliphatic heterocycles. The molecular formula is C15H20N2O2S2. The molecule has 3 N–H and O–H groups in total. The van der Waals surface area contributed by atoms with Crippen LogP contribution in [0.15, 0.2) is 40.6 Å². The topological polar surface area (TPSA) is 72.2 Å². The third-order valence-electron chi connectivity index (χ3n) is 3.27. The first-order valence-electron chi connectivity index (χ1n) is 6.86. The van der Waals surface area contributed by atoms with Gasteiger partial charge in [-0.3, -0.25) is 0 Å². The lowest BCUT2D eigenvalue weighted by molar-refractivity contribution is 0.540. The minimum atomic E-state index is -3.64. The number of thiophene rings is 1. The fourth-order valence-corrected chi connectivity index (χ4v) is 4.82. The number of anilines is 1. The van der Waals surface area contributed by atoms with Crippen LogP contribution in [-0.2, 0) is 10.0 Å². The highest BCUT2D eigenvalue weighted by Crippen LogP contribution is 2.28. The molecule has 1 aromatic carbocycles. The number of nitrogens with one attached hydrogen (secondary N) is 1. The normalized spacial score (nSPS) is 13.2. The minimum Gasteiger partial charge on any atom is -0.398 e. The Hall–Kier alpha value is -1.37. The monoisotopic (exact) mass is 324 g/mol. The van der Waals surface area contributed by atoms with Gasteiger partial charge in [0, 0.05) is 4.88 Å². The molecule has 0 fully saturated rings. The summed E-state index contributed by atoms with van der Waals surface area (Å²) in [6, 6.07) is 8.80. The van der Waals surface area contributed by atoms with Crippen LogP contribution in [0, 0.1) is 6.92 Å². The summed E-state index contributed by atoms with van der Waals surface area (Å²) in [7, 11) is -3.64. The second-order valence-corrected chi connectivity index (χ2v) is 7.60. The number of hydrogen-bond acceptors (Lipinski definition) is 4. The molecule has 1 atom stereocenters. The van der Waals surface area contributed by atoms with Gasteiger partial charge in [0.1, 0.15) is 4.90 Å². The van der Waals surface area contributed by atoms with Crippen LogP contribution in [0.3, 0.4) is 0 Å². The van der Waals surface area contributed by atoms with E-state index in [4.69, 9.17) is 5.73 Å². The number of sulfonamides is 1. The van der Waals surface area contributed by atoms with Gasteiger partial charge in [0.05, 0.1) is 11.7 Å². The summed E-state index contributed by atoms with van der Waals surface area (Å²) >= 11 is 1.56. The lowest BCUT2D eigenvalue weighted by atomic mass is 10.1. The van der Waals surface area contributed by atoms with Crippen molar-refractivity contribution >= 4 is 27.0 Å². The molecule has 4 nitrogen and oxygen atoms in total. The lowest BCUT2D eigenvalue weighted by Crippen LogP contribution is -2.29. The summed E-state index contributed by atoms with van der Waals surface area (Å²) in [4.78, 5) is 1.20. The summed E-state index contributed by atoms with van der Waals surface area (Å²) in [6.07, 6.45) is 1.65. The van der Waals surface area contributed by atoms with E-state index in [1.807, 2.05) is 24.4 Å². The molecule has 1 aromatic heterocycles. The van der Waals surface area contributed by atoms with Crippen molar-refractivity contribution in [1.82, 2.24) is 4.72 Å². The highest BCUT2D eigenvalue weighted by atomic mass is 32.2. The van der Waals surface area contributed by atoms with E-state index in [9.17, 15) is 8.42 Å².